The van der Waals surface area contributed by atoms with Gasteiger partial charge in [-0.25, -0.2) is 0 Å². The fourth-order valence-corrected chi connectivity index (χ4v) is 3.93. The van der Waals surface area contributed by atoms with Crippen LogP contribution in [0.15, 0.2) is 0 Å². The van der Waals surface area contributed by atoms with E-state index in [0.29, 0.717) is 0 Å². The average molecular weight is 233 g/mol. The molecule has 2 rings (SSSR count). The number of unbranched alkanes of at least 4 members (excludes halogenated alkanes) is 1. The van der Waals surface area contributed by atoms with Crippen LogP contribution >= 0.6 is 0 Å². The molecule has 96 valence electrons. The molecule has 2 heterocycles. The van der Waals surface area contributed by atoms with Gasteiger partial charge >= 0.3 is 0 Å². The standard InChI is InChI=1S/C16H27N/c1-3-5-6-9-15-12-11-14(4-2)16-10-7-8-13-17(15)16/h1,14-16H,4-13H2,2H3/t14?,15-,16-/m0/s1. The van der Waals surface area contributed by atoms with Crippen molar-refractivity contribution in [3.8, 4) is 12.3 Å². The van der Waals surface area contributed by atoms with Crippen LogP contribution in [0.1, 0.15) is 64.7 Å². The monoisotopic (exact) mass is 233 g/mol. The molecule has 1 heteroatoms. The van der Waals surface area contributed by atoms with Crippen LogP contribution < -0.4 is 0 Å². The second-order valence-corrected chi connectivity index (χ2v) is 5.80. The number of nitrogens with zero attached hydrogens (tertiary/aromatic N) is 1. The van der Waals surface area contributed by atoms with Crippen molar-refractivity contribution in [2.45, 2.75) is 76.8 Å². The molecule has 2 fully saturated rings. The van der Waals surface area contributed by atoms with Crippen LogP contribution in [0.5, 0.6) is 0 Å². The zero-order valence-electron chi connectivity index (χ0n) is 11.3. The predicted octanol–water partition coefficient (Wildman–Crippen LogP) is 3.83. The lowest BCUT2D eigenvalue weighted by molar-refractivity contribution is 0.00668. The van der Waals surface area contributed by atoms with E-state index in [9.17, 15) is 0 Å². The van der Waals surface area contributed by atoms with Crippen molar-refractivity contribution in [2.75, 3.05) is 6.54 Å². The first-order valence-electron chi connectivity index (χ1n) is 7.56. The van der Waals surface area contributed by atoms with E-state index >= 15 is 0 Å². The van der Waals surface area contributed by atoms with Crippen LogP contribution in [-0.4, -0.2) is 23.5 Å². The Morgan fingerprint density at radius 2 is 2.12 bits per heavy atom. The molecular formula is C16H27N. The Balaban J connectivity index is 1.92. The van der Waals surface area contributed by atoms with E-state index in [1.165, 1.54) is 57.9 Å². The summed E-state index contributed by atoms with van der Waals surface area (Å²) in [5, 5.41) is 0. The van der Waals surface area contributed by atoms with Gasteiger partial charge in [0.1, 0.15) is 0 Å². The van der Waals surface area contributed by atoms with Crippen LogP contribution in [-0.2, 0) is 0 Å². The third-order valence-corrected chi connectivity index (χ3v) is 4.86. The highest BCUT2D eigenvalue weighted by Gasteiger charge is 2.36. The molecule has 2 aliphatic heterocycles. The number of fused-ring (bicyclic) bond motifs is 1. The first-order chi connectivity index (χ1) is 8.36. The van der Waals surface area contributed by atoms with Gasteiger partial charge in [0, 0.05) is 18.5 Å². The molecule has 0 aromatic heterocycles. The first kappa shape index (κ1) is 13.0. The minimum absolute atomic E-state index is 0.844. The van der Waals surface area contributed by atoms with Crippen molar-refractivity contribution in [3.05, 3.63) is 0 Å². The topological polar surface area (TPSA) is 3.24 Å². The number of rotatable bonds is 4. The summed E-state index contributed by atoms with van der Waals surface area (Å²) in [6.45, 7) is 3.72. The van der Waals surface area contributed by atoms with E-state index in [1.807, 2.05) is 0 Å². The predicted molar refractivity (Wildman–Crippen MR) is 73.8 cm³/mol. The van der Waals surface area contributed by atoms with Crippen molar-refractivity contribution in [1.29, 1.82) is 0 Å². The van der Waals surface area contributed by atoms with E-state index in [0.717, 1.165) is 24.4 Å². The highest BCUT2D eigenvalue weighted by Crippen LogP contribution is 2.37. The molecular weight excluding hydrogens is 206 g/mol. The largest absolute Gasteiger partial charge is 0.297 e. The number of hydrogen-bond acceptors (Lipinski definition) is 1. The SMILES string of the molecule is C#CCCC[C@H]1CCC(CC)[C@@H]2CCCCN12. The molecule has 0 aromatic rings. The van der Waals surface area contributed by atoms with E-state index < -0.39 is 0 Å². The zero-order valence-corrected chi connectivity index (χ0v) is 11.3. The molecule has 0 radical (unpaired) electrons. The molecule has 0 amide bonds. The van der Waals surface area contributed by atoms with Crippen molar-refractivity contribution in [3.63, 3.8) is 0 Å². The summed E-state index contributed by atoms with van der Waals surface area (Å²) in [6.07, 6.45) is 17.4. The molecule has 0 bridgehead atoms. The quantitative estimate of drug-likeness (QED) is 0.527. The Morgan fingerprint density at radius 3 is 2.88 bits per heavy atom. The second-order valence-electron chi connectivity index (χ2n) is 5.80. The van der Waals surface area contributed by atoms with E-state index in [-0.39, 0.29) is 0 Å². The zero-order chi connectivity index (χ0) is 12.1. The highest BCUT2D eigenvalue weighted by molar-refractivity contribution is 4.92. The maximum Gasteiger partial charge on any atom is 0.0126 e. The van der Waals surface area contributed by atoms with Gasteiger partial charge in [0.15, 0.2) is 0 Å². The van der Waals surface area contributed by atoms with Crippen LogP contribution in [0.3, 0.4) is 0 Å². The minimum atomic E-state index is 0.844. The molecule has 0 saturated carbocycles. The Kier molecular flexibility index (Phi) is 4.92. The van der Waals surface area contributed by atoms with E-state index in [4.69, 9.17) is 6.42 Å². The molecule has 0 aliphatic carbocycles. The van der Waals surface area contributed by atoms with E-state index in [2.05, 4.69) is 17.7 Å². The van der Waals surface area contributed by atoms with Gasteiger partial charge in [0.05, 0.1) is 0 Å². The molecule has 2 aliphatic rings. The van der Waals surface area contributed by atoms with Gasteiger partial charge in [-0.3, -0.25) is 4.90 Å². The van der Waals surface area contributed by atoms with Crippen molar-refractivity contribution >= 4 is 0 Å². The average Bonchev–Trinajstić information content (AvgIpc) is 2.39. The fraction of sp³-hybridized carbons (Fsp3) is 0.875. The third kappa shape index (κ3) is 3.05. The lowest BCUT2D eigenvalue weighted by Crippen LogP contribution is -2.53. The summed E-state index contributed by atoms with van der Waals surface area (Å²) >= 11 is 0. The first-order valence-corrected chi connectivity index (χ1v) is 7.56. The van der Waals surface area contributed by atoms with Crippen molar-refractivity contribution in [2.24, 2.45) is 5.92 Å². The van der Waals surface area contributed by atoms with Gasteiger partial charge in [0.25, 0.3) is 0 Å². The maximum absolute atomic E-state index is 5.36. The summed E-state index contributed by atoms with van der Waals surface area (Å²) < 4.78 is 0. The van der Waals surface area contributed by atoms with Gasteiger partial charge in [-0.15, -0.1) is 12.3 Å². The smallest absolute Gasteiger partial charge is 0.0126 e. The highest BCUT2D eigenvalue weighted by atomic mass is 15.2. The van der Waals surface area contributed by atoms with Crippen molar-refractivity contribution < 1.29 is 0 Å². The van der Waals surface area contributed by atoms with Crippen LogP contribution in [0, 0.1) is 18.3 Å². The molecule has 0 aromatic carbocycles. The summed E-state index contributed by atoms with van der Waals surface area (Å²) in [7, 11) is 0. The Hall–Kier alpha value is -0.480. The Labute approximate surface area is 107 Å². The Morgan fingerprint density at radius 1 is 1.24 bits per heavy atom. The lowest BCUT2D eigenvalue weighted by atomic mass is 9.78. The number of terminal acetylenes is 1. The molecule has 17 heavy (non-hydrogen) atoms. The summed E-state index contributed by atoms with van der Waals surface area (Å²) in [5.74, 6) is 3.75. The van der Waals surface area contributed by atoms with Gasteiger partial charge in [-0.05, 0) is 51.0 Å². The summed E-state index contributed by atoms with van der Waals surface area (Å²) in [6, 6.07) is 1.75. The second kappa shape index (κ2) is 6.45. The molecule has 0 N–H and O–H groups in total. The third-order valence-electron chi connectivity index (χ3n) is 4.86. The van der Waals surface area contributed by atoms with Gasteiger partial charge < -0.3 is 0 Å². The summed E-state index contributed by atoms with van der Waals surface area (Å²) in [5.41, 5.74) is 0. The van der Waals surface area contributed by atoms with E-state index in [1.54, 1.807) is 0 Å². The van der Waals surface area contributed by atoms with Crippen LogP contribution in [0.4, 0.5) is 0 Å². The number of hydrogen-bond donors (Lipinski definition) is 0. The summed E-state index contributed by atoms with van der Waals surface area (Å²) in [4.78, 5) is 2.84. The number of piperidine rings is 2. The normalized spacial score (nSPS) is 34.0. The van der Waals surface area contributed by atoms with Crippen molar-refractivity contribution in [1.82, 2.24) is 4.90 Å². The molecule has 1 unspecified atom stereocenters. The fourth-order valence-electron chi connectivity index (χ4n) is 3.93. The molecule has 1 nitrogen and oxygen atoms in total. The van der Waals surface area contributed by atoms with Crippen LogP contribution in [0.2, 0.25) is 0 Å². The molecule has 3 atom stereocenters. The minimum Gasteiger partial charge on any atom is -0.297 e. The maximum atomic E-state index is 5.36. The van der Waals surface area contributed by atoms with Gasteiger partial charge in [-0.1, -0.05) is 19.8 Å². The molecule has 0 spiro atoms. The Bertz CT molecular complexity index is 265. The van der Waals surface area contributed by atoms with Gasteiger partial charge in [0.2, 0.25) is 0 Å². The van der Waals surface area contributed by atoms with Gasteiger partial charge in [-0.2, -0.15) is 0 Å². The molecule has 2 saturated heterocycles. The van der Waals surface area contributed by atoms with Crippen LogP contribution in [0.25, 0.3) is 0 Å². The lowest BCUT2D eigenvalue weighted by Gasteiger charge is -2.49.